The summed E-state index contributed by atoms with van der Waals surface area (Å²) < 4.78 is 127. The quantitative estimate of drug-likeness (QED) is 0.201. The lowest BCUT2D eigenvalue weighted by molar-refractivity contribution is -0.219. The van der Waals surface area contributed by atoms with Crippen LogP contribution in [0.1, 0.15) is 182 Å². The van der Waals surface area contributed by atoms with Gasteiger partial charge in [0.15, 0.2) is 0 Å². The number of amides is 12. The van der Waals surface area contributed by atoms with Gasteiger partial charge in [0.05, 0.1) is 38.6 Å². The van der Waals surface area contributed by atoms with Gasteiger partial charge in [0, 0.05) is 94.5 Å². The van der Waals surface area contributed by atoms with Crippen LogP contribution in [0.5, 0.6) is 0 Å². The first-order chi connectivity index (χ1) is 51.8. The number of hydrogen-bond acceptors (Lipinski definition) is 14. The number of fused-ring (bicyclic) bond motifs is 3. The molecule has 8 rings (SSSR count). The minimum absolute atomic E-state index is 0.00147. The Kier molecular flexibility index (Phi) is 31.1. The minimum atomic E-state index is -5.21. The molecule has 2 unspecified atom stereocenters. The van der Waals surface area contributed by atoms with Crippen LogP contribution in [0.25, 0.3) is 0 Å². The number of halogens is 8. The highest BCUT2D eigenvalue weighted by molar-refractivity contribution is 6.01. The van der Waals surface area contributed by atoms with E-state index in [4.69, 9.17) is 9.47 Å². The second-order valence-electron chi connectivity index (χ2n) is 32.8. The number of ether oxygens (including phenoxy) is 2. The maximum Gasteiger partial charge on any atom is 0.397 e. The van der Waals surface area contributed by atoms with Crippen molar-refractivity contribution in [3.8, 4) is 0 Å². The summed E-state index contributed by atoms with van der Waals surface area (Å²) in [5, 5.41) is 8.48. The Labute approximate surface area is 640 Å². The van der Waals surface area contributed by atoms with E-state index < -0.39 is 224 Å². The molecule has 11 atom stereocenters. The van der Waals surface area contributed by atoms with Gasteiger partial charge in [-0.1, -0.05) is 59.8 Å². The van der Waals surface area contributed by atoms with Gasteiger partial charge >= 0.3 is 12.4 Å². The zero-order valence-electron chi connectivity index (χ0n) is 65.6. The summed E-state index contributed by atoms with van der Waals surface area (Å²) in [6.07, 6.45) is -14.7. The summed E-state index contributed by atoms with van der Waals surface area (Å²) in [5.74, 6) is -16.7. The number of nitrogens with one attached hydrogen (secondary N) is 3. The highest BCUT2D eigenvalue weighted by atomic mass is 19.4. The van der Waals surface area contributed by atoms with Gasteiger partial charge in [0.25, 0.3) is 0 Å². The summed E-state index contributed by atoms with van der Waals surface area (Å²) in [4.78, 5) is 193. The molecule has 0 aromatic heterocycles. The first-order valence-electron chi connectivity index (χ1n) is 39.7. The van der Waals surface area contributed by atoms with Crippen molar-refractivity contribution in [2.75, 3.05) is 108 Å². The fourth-order valence-electron chi connectivity index (χ4n) is 17.8. The fraction of sp³-hybridized carbons (Fsp3) is 0.842. The molecule has 1 spiro atoms. The Hall–Kier alpha value is -7.00. The standard InChI is InChI=1S/C76H118F8N12O14/c1-11-46(4)63-71(106)89(6)44-61(99)90(7)55-20-13-12-16-30-96(70(55)105)58(41-47-22-25-50(26-23-47)75(79,80)81)68(103)88(5)43-59(97)85-53(27-24-48-39-51(77)62(52(78)40-48)76(82,83)84)67(102)95-31-17-21-54(95)66(101)87-74(28-34-109-35-29-74)73(108)93(10)64(49-18-14-15-19-49)72(107)92(9)57(69(104)94-32-36-110-37-33-94)42-60(98)91(8)56(38-45(2)3)65(100)86-63/h45-58,62-64H,11-44H2,1-10H3,(H,85,97)(H,86,100)(H,87,101)/t46-,47?,48?,50?,51?,52?,53-,54-,55-,56-,57-,58-,62?,63-,64-/m0/s1. The van der Waals surface area contributed by atoms with E-state index in [1.165, 1.54) is 61.9 Å². The number of rotatable bonds is 11. The van der Waals surface area contributed by atoms with Crippen molar-refractivity contribution >= 4 is 70.9 Å². The SMILES string of the molecule is CC[C@H](C)[C@@H]1NC(=O)[C@H](CC(C)C)N(C)C(=O)C[C@@H](C(=O)N2CCOCC2)N(C)C(=O)[C@H](C2CCCC2)N(C)C(=O)C2(CCOCC2)NC(=O)[C@@H]2CCCN2C(=O)[C@H](CCC2CC(F)C(C(F)(F)F)C(F)C2)NC(=O)CN(C)C(=O)[C@H](CC2CCC(C(F)(F)F)CC2)N2CCCCC[C@@H](C2=O)N(C)C(=O)CN(C)C1=O. The van der Waals surface area contributed by atoms with Crippen LogP contribution in [0.2, 0.25) is 0 Å². The van der Waals surface area contributed by atoms with Crippen LogP contribution in [0.15, 0.2) is 0 Å². The molecule has 0 aromatic carbocycles. The van der Waals surface area contributed by atoms with E-state index in [1.54, 1.807) is 13.8 Å². The van der Waals surface area contributed by atoms with E-state index in [0.29, 0.717) is 51.4 Å². The molecule has 26 nitrogen and oxygen atoms in total. The van der Waals surface area contributed by atoms with Gasteiger partial charge in [-0.3, -0.25) is 57.5 Å². The van der Waals surface area contributed by atoms with Crippen molar-refractivity contribution in [2.24, 2.45) is 41.4 Å². The van der Waals surface area contributed by atoms with Crippen molar-refractivity contribution in [2.45, 2.75) is 260 Å². The number of alkyl halides is 8. The van der Waals surface area contributed by atoms with Crippen molar-refractivity contribution < 1.29 is 102 Å². The van der Waals surface area contributed by atoms with Crippen molar-refractivity contribution in [1.82, 2.24) is 60.0 Å². The predicted molar refractivity (Wildman–Crippen MR) is 385 cm³/mol. The number of hydrogen-bond donors (Lipinski definition) is 3. The number of nitrogens with zero attached hydrogens (tertiary/aromatic N) is 9. The molecule has 8 fully saturated rings. The molecule has 8 aliphatic rings. The van der Waals surface area contributed by atoms with E-state index in [0.717, 1.165) is 24.5 Å². The lowest BCUT2D eigenvalue weighted by atomic mass is 9.76. The molecule has 5 aliphatic heterocycles. The highest BCUT2D eigenvalue weighted by Gasteiger charge is 2.56. The van der Waals surface area contributed by atoms with E-state index in [2.05, 4.69) is 16.0 Å². The van der Waals surface area contributed by atoms with Crippen LogP contribution >= 0.6 is 0 Å². The van der Waals surface area contributed by atoms with Crippen LogP contribution < -0.4 is 16.0 Å². The lowest BCUT2D eigenvalue weighted by Gasteiger charge is -2.44. The van der Waals surface area contributed by atoms with Gasteiger partial charge in [0.2, 0.25) is 70.9 Å². The van der Waals surface area contributed by atoms with Crippen molar-refractivity contribution in [3.63, 3.8) is 0 Å². The monoisotopic (exact) mass is 1570 g/mol. The Balaban J connectivity index is 1.20. The maximum atomic E-state index is 15.8. The first-order valence-corrected chi connectivity index (χ1v) is 39.7. The molecule has 0 aromatic rings. The third kappa shape index (κ3) is 21.6. The van der Waals surface area contributed by atoms with E-state index in [1.807, 2.05) is 13.8 Å². The van der Waals surface area contributed by atoms with Gasteiger partial charge in [-0.25, -0.2) is 8.78 Å². The summed E-state index contributed by atoms with van der Waals surface area (Å²) in [5.41, 5.74) is -1.81. The molecule has 622 valence electrons. The largest absolute Gasteiger partial charge is 0.397 e. The zero-order chi connectivity index (χ0) is 81.0. The van der Waals surface area contributed by atoms with E-state index in [9.17, 15) is 40.7 Å². The molecule has 0 radical (unpaired) electrons. The van der Waals surface area contributed by atoms with E-state index >= 15 is 51.9 Å². The Bertz CT molecular complexity index is 3230. The molecular weight excluding hydrogens is 1460 g/mol. The second-order valence-corrected chi connectivity index (χ2v) is 32.8. The van der Waals surface area contributed by atoms with Crippen LogP contribution in [0, 0.1) is 41.4 Å². The number of likely N-dealkylation sites (N-methyl/N-ethyl adjacent to an activating group) is 6. The average Bonchev–Trinajstić information content (AvgIpc) is 1.24. The minimum Gasteiger partial charge on any atom is -0.381 e. The maximum absolute atomic E-state index is 15.8. The summed E-state index contributed by atoms with van der Waals surface area (Å²) in [6.45, 7) is 5.85. The molecule has 3 aliphatic carbocycles. The first kappa shape index (κ1) is 88.6. The van der Waals surface area contributed by atoms with Crippen LogP contribution in [-0.2, 0) is 67.0 Å². The summed E-state index contributed by atoms with van der Waals surface area (Å²) >= 11 is 0. The molecule has 5 heterocycles. The summed E-state index contributed by atoms with van der Waals surface area (Å²) in [7, 11) is 8.11. The molecular formula is C76H118F8N12O14. The normalized spacial score (nSPS) is 31.9. The van der Waals surface area contributed by atoms with Crippen LogP contribution in [-0.4, -0.2) is 302 Å². The Morgan fingerprint density at radius 3 is 1.75 bits per heavy atom. The molecule has 3 N–H and O–H groups in total. The van der Waals surface area contributed by atoms with Crippen LogP contribution in [0.4, 0.5) is 35.1 Å². The second kappa shape index (κ2) is 38.7. The topological polar surface area (TPSA) is 289 Å². The molecule has 2 bridgehead atoms. The zero-order valence-corrected chi connectivity index (χ0v) is 65.6. The van der Waals surface area contributed by atoms with E-state index in [-0.39, 0.29) is 136 Å². The highest BCUT2D eigenvalue weighted by Crippen LogP contribution is 2.45. The molecule has 5 saturated heterocycles. The lowest BCUT2D eigenvalue weighted by Crippen LogP contribution is -2.67. The van der Waals surface area contributed by atoms with Gasteiger partial charge < -0.3 is 69.5 Å². The number of carbonyl (C=O) groups is 12. The average molecular weight is 1580 g/mol. The smallest absolute Gasteiger partial charge is 0.381 e. The third-order valence-corrected chi connectivity index (χ3v) is 24.8. The van der Waals surface area contributed by atoms with Gasteiger partial charge in [-0.2, -0.15) is 26.3 Å². The number of morpholine rings is 1. The van der Waals surface area contributed by atoms with Crippen molar-refractivity contribution in [1.29, 1.82) is 0 Å². The predicted octanol–water partition coefficient (Wildman–Crippen LogP) is 5.96. The van der Waals surface area contributed by atoms with Crippen LogP contribution in [0.3, 0.4) is 0 Å². The molecule has 110 heavy (non-hydrogen) atoms. The fourth-order valence-corrected chi connectivity index (χ4v) is 17.8. The molecule has 12 amide bonds. The third-order valence-electron chi connectivity index (χ3n) is 24.8. The Morgan fingerprint density at radius 2 is 1.15 bits per heavy atom. The van der Waals surface area contributed by atoms with Gasteiger partial charge in [-0.05, 0) is 132 Å². The number of carbonyl (C=O) groups excluding carboxylic acids is 12. The van der Waals surface area contributed by atoms with Crippen molar-refractivity contribution in [3.05, 3.63) is 0 Å². The summed E-state index contributed by atoms with van der Waals surface area (Å²) in [6, 6.07) is -11.2. The van der Waals surface area contributed by atoms with Gasteiger partial charge in [-0.15, -0.1) is 0 Å². The Morgan fingerprint density at radius 1 is 0.555 bits per heavy atom. The molecule has 3 saturated carbocycles. The molecule has 34 heteroatoms. The van der Waals surface area contributed by atoms with Gasteiger partial charge in [0.1, 0.15) is 72.1 Å².